The quantitative estimate of drug-likeness (QED) is 0.657. The van der Waals surface area contributed by atoms with E-state index in [0.717, 1.165) is 12.8 Å². The molecule has 1 heterocycles. The van der Waals surface area contributed by atoms with Crippen molar-refractivity contribution in [3.8, 4) is 0 Å². The van der Waals surface area contributed by atoms with Gasteiger partial charge < -0.3 is 14.8 Å². The van der Waals surface area contributed by atoms with Crippen molar-refractivity contribution in [3.63, 3.8) is 0 Å². The lowest BCUT2D eigenvalue weighted by Crippen LogP contribution is -3.10. The van der Waals surface area contributed by atoms with Crippen LogP contribution in [0.2, 0.25) is 0 Å². The number of carboxylic acids is 1. The number of nitrogens with one attached hydrogen (secondary N) is 1. The number of unbranched alkanes of at least 4 members (excludes halogenated alkanes) is 5. The maximum atomic E-state index is 8.89. The van der Waals surface area contributed by atoms with Gasteiger partial charge in [0.15, 0.2) is 0 Å². The lowest BCUT2D eigenvalue weighted by Gasteiger charge is -2.12. The molecule has 0 bridgehead atoms. The van der Waals surface area contributed by atoms with Crippen LogP contribution >= 0.6 is 0 Å². The van der Waals surface area contributed by atoms with E-state index < -0.39 is 5.97 Å². The van der Waals surface area contributed by atoms with Gasteiger partial charge in [0, 0.05) is 18.3 Å². The van der Waals surface area contributed by atoms with Crippen LogP contribution in [0.15, 0.2) is 0 Å². The van der Waals surface area contributed by atoms with E-state index in [9.17, 15) is 0 Å². The summed E-state index contributed by atoms with van der Waals surface area (Å²) in [6, 6.07) is 0. The van der Waals surface area contributed by atoms with E-state index >= 15 is 0 Å². The molecule has 1 aliphatic rings. The fourth-order valence-electron chi connectivity index (χ4n) is 3.06. The number of carbonyl (C=O) groups is 1. The number of hydrogen-bond acceptors (Lipinski definition) is 2. The van der Waals surface area contributed by atoms with Gasteiger partial charge >= 0.3 is 0 Å². The zero-order chi connectivity index (χ0) is 15.2. The Morgan fingerprint density at radius 2 is 1.70 bits per heavy atom. The standard InChI is InChI=1S/C15H31N.C2H4O2/c1-3-5-6-7-8-9-12-16-13-11-15(14-16)10-4-2;1-2(3)4/h15H,3-14H2,1-2H3;1H3,(H,3,4). The topological polar surface area (TPSA) is 44.6 Å². The maximum absolute atomic E-state index is 8.89. The number of quaternary nitrogens is 1. The van der Waals surface area contributed by atoms with E-state index in [0.29, 0.717) is 0 Å². The second-order valence-electron chi connectivity index (χ2n) is 6.16. The minimum Gasteiger partial charge on any atom is -0.550 e. The van der Waals surface area contributed by atoms with Crippen LogP contribution in [0.4, 0.5) is 0 Å². The van der Waals surface area contributed by atoms with E-state index in [1.54, 1.807) is 0 Å². The molecule has 3 heteroatoms. The Balaban J connectivity index is 0.000000796. The Hall–Kier alpha value is -0.570. The Morgan fingerprint density at radius 3 is 2.30 bits per heavy atom. The molecule has 1 saturated heterocycles. The highest BCUT2D eigenvalue weighted by molar-refractivity contribution is 5.60. The summed E-state index contributed by atoms with van der Waals surface area (Å²) < 4.78 is 0. The van der Waals surface area contributed by atoms with Gasteiger partial charge in [-0.1, -0.05) is 46.0 Å². The molecule has 0 amide bonds. The average molecular weight is 285 g/mol. The summed E-state index contributed by atoms with van der Waals surface area (Å²) >= 11 is 0. The molecule has 120 valence electrons. The van der Waals surface area contributed by atoms with Crippen LogP contribution in [0.25, 0.3) is 0 Å². The Kier molecular flexibility index (Phi) is 13.0. The third-order valence-electron chi connectivity index (χ3n) is 4.06. The second kappa shape index (κ2) is 13.4. The minimum atomic E-state index is -1.08. The molecule has 0 aromatic heterocycles. The van der Waals surface area contributed by atoms with Crippen LogP contribution in [0.3, 0.4) is 0 Å². The van der Waals surface area contributed by atoms with Gasteiger partial charge in [0.25, 0.3) is 0 Å². The van der Waals surface area contributed by atoms with Crippen LogP contribution in [0.1, 0.15) is 78.6 Å². The smallest absolute Gasteiger partial charge is 0.0801 e. The predicted molar refractivity (Wildman–Crippen MR) is 82.6 cm³/mol. The summed E-state index contributed by atoms with van der Waals surface area (Å²) in [6.45, 7) is 9.97. The summed E-state index contributed by atoms with van der Waals surface area (Å²) in [4.78, 5) is 10.8. The van der Waals surface area contributed by atoms with Crippen molar-refractivity contribution in [2.45, 2.75) is 78.6 Å². The van der Waals surface area contributed by atoms with Crippen LogP contribution in [0.5, 0.6) is 0 Å². The SMILES string of the molecule is CC(=O)[O-].CCCCCCCC[NH+]1CCC(CCC)C1. The number of carbonyl (C=O) groups excluding carboxylic acids is 1. The number of likely N-dealkylation sites (tertiary alicyclic amines) is 1. The van der Waals surface area contributed by atoms with Gasteiger partial charge in [0.05, 0.1) is 19.6 Å². The first kappa shape index (κ1) is 19.4. The highest BCUT2D eigenvalue weighted by atomic mass is 16.4. The Labute approximate surface area is 125 Å². The molecule has 0 aromatic carbocycles. The van der Waals surface area contributed by atoms with E-state index in [2.05, 4.69) is 13.8 Å². The molecule has 1 rings (SSSR count). The van der Waals surface area contributed by atoms with Crippen molar-refractivity contribution >= 4 is 5.97 Å². The first-order valence-corrected chi connectivity index (χ1v) is 8.61. The first-order valence-electron chi connectivity index (χ1n) is 8.61. The zero-order valence-electron chi connectivity index (χ0n) is 13.9. The minimum absolute atomic E-state index is 0.972. The third-order valence-corrected chi connectivity index (χ3v) is 4.06. The lowest BCUT2D eigenvalue weighted by atomic mass is 10.0. The number of hydrogen-bond donors (Lipinski definition) is 1. The monoisotopic (exact) mass is 285 g/mol. The fourth-order valence-corrected chi connectivity index (χ4v) is 3.06. The van der Waals surface area contributed by atoms with Crippen LogP contribution in [-0.2, 0) is 4.79 Å². The van der Waals surface area contributed by atoms with E-state index in [4.69, 9.17) is 9.90 Å². The summed E-state index contributed by atoms with van der Waals surface area (Å²) in [5, 5.41) is 8.89. The van der Waals surface area contributed by atoms with E-state index in [1.165, 1.54) is 77.4 Å². The molecule has 0 aliphatic carbocycles. The highest BCUT2D eigenvalue weighted by Gasteiger charge is 2.24. The van der Waals surface area contributed by atoms with E-state index in [1.807, 2.05) is 4.90 Å². The largest absolute Gasteiger partial charge is 0.550 e. The van der Waals surface area contributed by atoms with Crippen molar-refractivity contribution < 1.29 is 14.8 Å². The van der Waals surface area contributed by atoms with Gasteiger partial charge in [0.1, 0.15) is 0 Å². The van der Waals surface area contributed by atoms with Gasteiger partial charge in [-0.3, -0.25) is 0 Å². The molecule has 0 aromatic rings. The highest BCUT2D eigenvalue weighted by Crippen LogP contribution is 2.11. The van der Waals surface area contributed by atoms with Crippen molar-refractivity contribution in [3.05, 3.63) is 0 Å². The summed E-state index contributed by atoms with van der Waals surface area (Å²) in [5.41, 5.74) is 0. The van der Waals surface area contributed by atoms with Crippen LogP contribution in [0, 0.1) is 5.92 Å². The zero-order valence-corrected chi connectivity index (χ0v) is 13.9. The van der Waals surface area contributed by atoms with Crippen LogP contribution < -0.4 is 10.0 Å². The maximum Gasteiger partial charge on any atom is 0.0801 e. The molecule has 0 saturated carbocycles. The van der Waals surface area contributed by atoms with Crippen molar-refractivity contribution in [1.82, 2.24) is 0 Å². The normalized spacial score (nSPS) is 21.4. The van der Waals surface area contributed by atoms with Crippen molar-refractivity contribution in [1.29, 1.82) is 0 Å². The molecule has 2 unspecified atom stereocenters. The summed E-state index contributed by atoms with van der Waals surface area (Å²) in [5.74, 6) is -0.0277. The van der Waals surface area contributed by atoms with Gasteiger partial charge in [0.2, 0.25) is 0 Å². The molecule has 0 radical (unpaired) electrons. The van der Waals surface area contributed by atoms with Gasteiger partial charge in [-0.2, -0.15) is 0 Å². The Morgan fingerprint density at radius 1 is 1.10 bits per heavy atom. The summed E-state index contributed by atoms with van der Waals surface area (Å²) in [7, 11) is 0. The van der Waals surface area contributed by atoms with Gasteiger partial charge in [-0.25, -0.2) is 0 Å². The molecule has 3 nitrogen and oxygen atoms in total. The fraction of sp³-hybridized carbons (Fsp3) is 0.941. The van der Waals surface area contributed by atoms with E-state index in [-0.39, 0.29) is 0 Å². The second-order valence-corrected chi connectivity index (χ2v) is 6.16. The first-order chi connectivity index (χ1) is 9.60. The number of rotatable bonds is 9. The lowest BCUT2D eigenvalue weighted by molar-refractivity contribution is -0.889. The molecule has 1 fully saturated rings. The van der Waals surface area contributed by atoms with Crippen molar-refractivity contribution in [2.75, 3.05) is 19.6 Å². The Bertz CT molecular complexity index is 227. The molecule has 1 N–H and O–H groups in total. The molecule has 2 atom stereocenters. The number of aliphatic carboxylic acids is 1. The molecular formula is C17H35NO2. The van der Waals surface area contributed by atoms with Gasteiger partial charge in [-0.05, 0) is 26.2 Å². The van der Waals surface area contributed by atoms with Crippen LogP contribution in [-0.4, -0.2) is 25.6 Å². The molecule has 0 spiro atoms. The molecule has 1 aliphatic heterocycles. The molecule has 20 heavy (non-hydrogen) atoms. The number of carboxylic acid groups (broad SMARTS) is 1. The predicted octanol–water partition coefficient (Wildman–Crippen LogP) is 1.81. The summed E-state index contributed by atoms with van der Waals surface area (Å²) in [6.07, 6.45) is 13.0. The third kappa shape index (κ3) is 12.5. The van der Waals surface area contributed by atoms with Gasteiger partial charge in [-0.15, -0.1) is 0 Å². The molecular weight excluding hydrogens is 250 g/mol. The van der Waals surface area contributed by atoms with Crippen molar-refractivity contribution in [2.24, 2.45) is 5.92 Å². The average Bonchev–Trinajstić information content (AvgIpc) is 2.81.